The lowest BCUT2D eigenvalue weighted by atomic mass is 10.1. The Kier molecular flexibility index (Phi) is 5.94. The average Bonchev–Trinajstić information content (AvgIpc) is 3.46. The van der Waals surface area contributed by atoms with Gasteiger partial charge in [0.1, 0.15) is 5.41 Å². The molecule has 1 fully saturated rings. The minimum atomic E-state index is -1.13. The molecule has 1 aliphatic carbocycles. The molecule has 158 valence electrons. The number of anilines is 2. The highest BCUT2D eigenvalue weighted by molar-refractivity contribution is 8.01. The van der Waals surface area contributed by atoms with Crippen LogP contribution in [0.2, 0.25) is 5.02 Å². The predicted octanol–water partition coefficient (Wildman–Crippen LogP) is 5.21. The number of non-ortho nitro benzene ring substituents is 1. The van der Waals surface area contributed by atoms with Gasteiger partial charge in [-0.25, -0.2) is 4.98 Å². The molecule has 0 radical (unpaired) electrons. The lowest BCUT2D eigenvalue weighted by molar-refractivity contribution is -0.384. The van der Waals surface area contributed by atoms with Crippen molar-refractivity contribution in [1.82, 2.24) is 4.98 Å². The summed E-state index contributed by atoms with van der Waals surface area (Å²) >= 11 is 8.72. The number of rotatable bonds is 7. The summed E-state index contributed by atoms with van der Waals surface area (Å²) in [5.74, 6) is -0.798. The van der Waals surface area contributed by atoms with Crippen LogP contribution in [0.1, 0.15) is 12.8 Å². The standard InChI is InChI=1S/C20H15ClN4O4S2/c21-14-3-1-2-4-15(14)23-17(26)20(9-10-20)18(27)24-19-22-11-16(31-19)30-13-7-5-12(6-8-13)25(28)29/h1-8,11H,9-10H2,(H,23,26)(H,22,24,27). The summed E-state index contributed by atoms with van der Waals surface area (Å²) in [5.41, 5.74) is -0.646. The number of nitrogens with zero attached hydrogens (tertiary/aromatic N) is 2. The molecule has 0 atom stereocenters. The highest BCUT2D eigenvalue weighted by Crippen LogP contribution is 2.48. The molecule has 0 bridgehead atoms. The molecule has 3 aromatic rings. The van der Waals surface area contributed by atoms with Crippen molar-refractivity contribution in [3.8, 4) is 0 Å². The van der Waals surface area contributed by atoms with Gasteiger partial charge in [-0.05, 0) is 37.1 Å². The second-order valence-corrected chi connectivity index (χ2v) is 9.62. The van der Waals surface area contributed by atoms with Gasteiger partial charge in [0.05, 0.1) is 26.0 Å². The third-order valence-corrected chi connectivity index (χ3v) is 7.06. The third-order valence-electron chi connectivity index (χ3n) is 4.71. The van der Waals surface area contributed by atoms with E-state index in [4.69, 9.17) is 11.6 Å². The van der Waals surface area contributed by atoms with Gasteiger partial charge in [-0.15, -0.1) is 0 Å². The van der Waals surface area contributed by atoms with E-state index in [0.717, 1.165) is 9.10 Å². The average molecular weight is 475 g/mol. The van der Waals surface area contributed by atoms with Gasteiger partial charge in [-0.3, -0.25) is 19.7 Å². The van der Waals surface area contributed by atoms with Gasteiger partial charge < -0.3 is 10.6 Å². The Hall–Kier alpha value is -2.95. The number of benzene rings is 2. The van der Waals surface area contributed by atoms with E-state index in [0.29, 0.717) is 28.7 Å². The number of hydrogen-bond donors (Lipinski definition) is 2. The third kappa shape index (κ3) is 4.71. The van der Waals surface area contributed by atoms with Gasteiger partial charge in [0.25, 0.3) is 5.69 Å². The summed E-state index contributed by atoms with van der Waals surface area (Å²) in [6.07, 6.45) is 2.51. The zero-order valence-corrected chi connectivity index (χ0v) is 18.2. The molecule has 0 saturated heterocycles. The van der Waals surface area contributed by atoms with E-state index < -0.39 is 22.2 Å². The lowest BCUT2D eigenvalue weighted by Gasteiger charge is -2.15. The molecule has 4 rings (SSSR count). The summed E-state index contributed by atoms with van der Waals surface area (Å²) in [6, 6.07) is 13.0. The van der Waals surface area contributed by atoms with Gasteiger partial charge in [-0.2, -0.15) is 0 Å². The first-order chi connectivity index (χ1) is 14.9. The van der Waals surface area contributed by atoms with Crippen LogP contribution in [-0.4, -0.2) is 21.7 Å². The largest absolute Gasteiger partial charge is 0.324 e. The summed E-state index contributed by atoms with van der Waals surface area (Å²) in [6.45, 7) is 0. The van der Waals surface area contributed by atoms with E-state index in [-0.39, 0.29) is 5.69 Å². The first-order valence-corrected chi connectivity index (χ1v) is 11.1. The molecule has 1 aliphatic rings. The topological polar surface area (TPSA) is 114 Å². The highest BCUT2D eigenvalue weighted by Gasteiger charge is 2.56. The fraction of sp³-hybridized carbons (Fsp3) is 0.150. The maximum atomic E-state index is 12.8. The first-order valence-electron chi connectivity index (χ1n) is 9.13. The molecule has 31 heavy (non-hydrogen) atoms. The zero-order chi connectivity index (χ0) is 22.0. The van der Waals surface area contributed by atoms with Gasteiger partial charge in [0, 0.05) is 17.0 Å². The molecule has 0 aliphatic heterocycles. The van der Waals surface area contributed by atoms with E-state index in [1.54, 1.807) is 42.6 Å². The quantitative estimate of drug-likeness (QED) is 0.276. The molecule has 0 spiro atoms. The van der Waals surface area contributed by atoms with Crippen LogP contribution in [0.4, 0.5) is 16.5 Å². The smallest absolute Gasteiger partial charge is 0.269 e. The van der Waals surface area contributed by atoms with Crippen molar-refractivity contribution in [1.29, 1.82) is 0 Å². The first kappa shape index (κ1) is 21.3. The van der Waals surface area contributed by atoms with E-state index in [2.05, 4.69) is 15.6 Å². The minimum Gasteiger partial charge on any atom is -0.324 e. The number of nitro groups is 1. The van der Waals surface area contributed by atoms with Crippen LogP contribution in [-0.2, 0) is 9.59 Å². The molecule has 1 heterocycles. The van der Waals surface area contributed by atoms with Crippen molar-refractivity contribution in [3.63, 3.8) is 0 Å². The molecule has 1 saturated carbocycles. The fourth-order valence-corrected chi connectivity index (χ4v) is 4.85. The molecular formula is C20H15ClN4O4S2. The number of para-hydroxylation sites is 1. The van der Waals surface area contributed by atoms with Crippen molar-refractivity contribution in [2.24, 2.45) is 5.41 Å². The Morgan fingerprint density at radius 3 is 2.42 bits per heavy atom. The summed E-state index contributed by atoms with van der Waals surface area (Å²) in [4.78, 5) is 40.8. The molecule has 2 amide bonds. The number of halogens is 1. The molecule has 8 nitrogen and oxygen atoms in total. The highest BCUT2D eigenvalue weighted by atomic mass is 35.5. The summed E-state index contributed by atoms with van der Waals surface area (Å²) < 4.78 is 0.800. The maximum Gasteiger partial charge on any atom is 0.269 e. The van der Waals surface area contributed by atoms with Crippen LogP contribution < -0.4 is 10.6 Å². The van der Waals surface area contributed by atoms with Crippen molar-refractivity contribution in [3.05, 3.63) is 69.9 Å². The Morgan fingerprint density at radius 1 is 1.10 bits per heavy atom. The Balaban J connectivity index is 1.39. The summed E-state index contributed by atoms with van der Waals surface area (Å²) in [5, 5.41) is 17.0. The Bertz CT molecular complexity index is 1160. The number of aromatic nitrogens is 1. The number of nitro benzene ring substituents is 1. The number of carbonyl (C=O) groups is 2. The molecular weight excluding hydrogens is 460 g/mol. The van der Waals surface area contributed by atoms with Crippen LogP contribution in [0.15, 0.2) is 63.8 Å². The Morgan fingerprint density at radius 2 is 1.77 bits per heavy atom. The maximum absolute atomic E-state index is 12.8. The molecule has 2 aromatic carbocycles. The van der Waals surface area contributed by atoms with Crippen molar-refractivity contribution in [2.45, 2.75) is 21.9 Å². The number of thiazole rings is 1. The number of nitrogens with one attached hydrogen (secondary N) is 2. The van der Waals surface area contributed by atoms with Crippen LogP contribution >= 0.6 is 34.7 Å². The van der Waals surface area contributed by atoms with Crippen LogP contribution in [0, 0.1) is 15.5 Å². The van der Waals surface area contributed by atoms with Crippen molar-refractivity contribution >= 4 is 63.0 Å². The summed E-state index contributed by atoms with van der Waals surface area (Å²) in [7, 11) is 0. The van der Waals surface area contributed by atoms with Gasteiger partial charge in [0.2, 0.25) is 11.8 Å². The van der Waals surface area contributed by atoms with E-state index in [1.165, 1.54) is 35.2 Å². The molecule has 1 aromatic heterocycles. The molecule has 2 N–H and O–H groups in total. The Labute approximate surface area is 190 Å². The van der Waals surface area contributed by atoms with Crippen LogP contribution in [0.3, 0.4) is 0 Å². The predicted molar refractivity (Wildman–Crippen MR) is 120 cm³/mol. The zero-order valence-electron chi connectivity index (χ0n) is 15.8. The van der Waals surface area contributed by atoms with E-state index in [9.17, 15) is 19.7 Å². The molecule has 0 unspecified atom stereocenters. The minimum absolute atomic E-state index is 0.0198. The van der Waals surface area contributed by atoms with Gasteiger partial charge >= 0.3 is 0 Å². The lowest BCUT2D eigenvalue weighted by Crippen LogP contribution is -2.35. The van der Waals surface area contributed by atoms with E-state index in [1.807, 2.05) is 0 Å². The van der Waals surface area contributed by atoms with Crippen LogP contribution in [0.25, 0.3) is 0 Å². The monoisotopic (exact) mass is 474 g/mol. The molecule has 11 heteroatoms. The second kappa shape index (κ2) is 8.66. The van der Waals surface area contributed by atoms with Crippen molar-refractivity contribution < 1.29 is 14.5 Å². The number of carbonyl (C=O) groups excluding carboxylic acids is 2. The number of hydrogen-bond acceptors (Lipinski definition) is 7. The van der Waals surface area contributed by atoms with Gasteiger partial charge in [0.15, 0.2) is 5.13 Å². The van der Waals surface area contributed by atoms with Crippen molar-refractivity contribution in [2.75, 3.05) is 10.6 Å². The second-order valence-electron chi connectivity index (χ2n) is 6.81. The normalized spacial score (nSPS) is 14.0. The van der Waals surface area contributed by atoms with Crippen LogP contribution in [0.5, 0.6) is 0 Å². The fourth-order valence-electron chi connectivity index (χ4n) is 2.82. The SMILES string of the molecule is O=C(Nc1ncc(Sc2ccc([N+](=O)[O-])cc2)s1)C1(C(=O)Nc2ccccc2Cl)CC1. The number of amides is 2. The van der Waals surface area contributed by atoms with Gasteiger partial charge in [-0.1, -0.05) is 46.8 Å². The van der Waals surface area contributed by atoms with E-state index >= 15 is 0 Å².